The molecule has 0 bridgehead atoms. The first-order chi connectivity index (χ1) is 9.02. The number of carbonyl (C=O) groups is 1. The van der Waals surface area contributed by atoms with E-state index in [9.17, 15) is 4.79 Å². The number of methoxy groups -OCH3 is 1. The van der Waals surface area contributed by atoms with Gasteiger partial charge in [-0.05, 0) is 25.1 Å². The summed E-state index contributed by atoms with van der Waals surface area (Å²) in [5.74, 6) is 0.318. The predicted octanol–water partition coefficient (Wildman–Crippen LogP) is 1.57. The molecule has 0 aliphatic heterocycles. The second-order valence-electron chi connectivity index (χ2n) is 4.18. The van der Waals surface area contributed by atoms with Gasteiger partial charge in [-0.25, -0.2) is 0 Å². The van der Waals surface area contributed by atoms with Gasteiger partial charge < -0.3 is 15.8 Å². The summed E-state index contributed by atoms with van der Waals surface area (Å²) in [4.78, 5) is 12.2. The van der Waals surface area contributed by atoms with Gasteiger partial charge in [-0.1, -0.05) is 0 Å². The Morgan fingerprint density at radius 2 is 2.21 bits per heavy atom. The number of aromatic nitrogens is 2. The Hall–Kier alpha value is -2.50. The lowest BCUT2D eigenvalue weighted by Gasteiger charge is -2.10. The monoisotopic (exact) mass is 260 g/mol. The molecule has 1 aromatic heterocycles. The number of nitrogen functional groups attached to an aromatic ring is 1. The summed E-state index contributed by atoms with van der Waals surface area (Å²) in [5.41, 5.74) is 8.11. The quantitative estimate of drug-likeness (QED) is 0.821. The van der Waals surface area contributed by atoms with Gasteiger partial charge in [0.1, 0.15) is 5.75 Å². The number of aryl methyl sites for hydroxylation is 1. The van der Waals surface area contributed by atoms with Crippen molar-refractivity contribution in [3.05, 3.63) is 35.7 Å². The molecule has 2 aromatic rings. The molecule has 1 aromatic carbocycles. The summed E-state index contributed by atoms with van der Waals surface area (Å²) in [5, 5.41) is 6.81. The molecule has 100 valence electrons. The standard InChI is InChI=1S/C13H16N4O2/c1-8-10(7-15-17(8)2)13(18)16-11-6-9(14)4-5-12(11)19-3/h4-7H,14H2,1-3H3,(H,16,18). The van der Waals surface area contributed by atoms with Crippen LogP contribution in [0.25, 0.3) is 0 Å². The number of anilines is 2. The van der Waals surface area contributed by atoms with E-state index in [4.69, 9.17) is 10.5 Å². The minimum absolute atomic E-state index is 0.241. The van der Waals surface area contributed by atoms with Crippen LogP contribution in [-0.4, -0.2) is 22.8 Å². The normalized spacial score (nSPS) is 10.3. The van der Waals surface area contributed by atoms with Crippen LogP contribution in [0.5, 0.6) is 5.75 Å². The number of carbonyl (C=O) groups excluding carboxylic acids is 1. The number of hydrogen-bond donors (Lipinski definition) is 2. The maximum atomic E-state index is 12.2. The van der Waals surface area contributed by atoms with Crippen LogP contribution in [0.4, 0.5) is 11.4 Å². The zero-order valence-corrected chi connectivity index (χ0v) is 11.1. The molecule has 0 aliphatic rings. The third-order valence-corrected chi connectivity index (χ3v) is 2.95. The predicted molar refractivity (Wildman–Crippen MR) is 73.3 cm³/mol. The first-order valence-corrected chi connectivity index (χ1v) is 5.76. The summed E-state index contributed by atoms with van der Waals surface area (Å²) in [6.07, 6.45) is 1.53. The Balaban J connectivity index is 2.28. The SMILES string of the molecule is COc1ccc(N)cc1NC(=O)c1cnn(C)c1C. The lowest BCUT2D eigenvalue weighted by Crippen LogP contribution is -2.13. The van der Waals surface area contributed by atoms with Gasteiger partial charge in [0, 0.05) is 18.4 Å². The number of amides is 1. The van der Waals surface area contributed by atoms with Gasteiger partial charge in [0.15, 0.2) is 0 Å². The number of nitrogens with two attached hydrogens (primary N) is 1. The minimum atomic E-state index is -0.241. The van der Waals surface area contributed by atoms with Gasteiger partial charge in [0.25, 0.3) is 5.91 Å². The Labute approximate surface area is 111 Å². The molecule has 1 amide bonds. The topological polar surface area (TPSA) is 82.2 Å². The van der Waals surface area contributed by atoms with Crippen molar-refractivity contribution < 1.29 is 9.53 Å². The zero-order chi connectivity index (χ0) is 14.0. The summed E-state index contributed by atoms with van der Waals surface area (Å²) in [7, 11) is 3.32. The molecule has 2 rings (SSSR count). The van der Waals surface area contributed by atoms with Gasteiger partial charge in [0.05, 0.1) is 24.6 Å². The van der Waals surface area contributed by atoms with Crippen molar-refractivity contribution in [3.63, 3.8) is 0 Å². The number of ether oxygens (including phenoxy) is 1. The largest absolute Gasteiger partial charge is 0.495 e. The molecule has 19 heavy (non-hydrogen) atoms. The van der Waals surface area contributed by atoms with Crippen LogP contribution >= 0.6 is 0 Å². The Morgan fingerprint density at radius 1 is 1.47 bits per heavy atom. The van der Waals surface area contributed by atoms with Crippen LogP contribution < -0.4 is 15.8 Å². The fourth-order valence-electron chi connectivity index (χ4n) is 1.73. The van der Waals surface area contributed by atoms with Crippen LogP contribution in [0.3, 0.4) is 0 Å². The van der Waals surface area contributed by atoms with E-state index >= 15 is 0 Å². The molecular weight excluding hydrogens is 244 g/mol. The Morgan fingerprint density at radius 3 is 2.79 bits per heavy atom. The number of nitrogens with one attached hydrogen (secondary N) is 1. The first-order valence-electron chi connectivity index (χ1n) is 5.76. The fourth-order valence-corrected chi connectivity index (χ4v) is 1.73. The van der Waals surface area contributed by atoms with Crippen molar-refractivity contribution in [1.29, 1.82) is 0 Å². The second-order valence-corrected chi connectivity index (χ2v) is 4.18. The summed E-state index contributed by atoms with van der Waals surface area (Å²) >= 11 is 0. The van der Waals surface area contributed by atoms with Crippen LogP contribution in [0, 0.1) is 6.92 Å². The zero-order valence-electron chi connectivity index (χ0n) is 11.1. The summed E-state index contributed by atoms with van der Waals surface area (Å²) in [6.45, 7) is 1.83. The molecular formula is C13H16N4O2. The average Bonchev–Trinajstić information content (AvgIpc) is 2.70. The van der Waals surface area contributed by atoms with Gasteiger partial charge in [-0.3, -0.25) is 9.48 Å². The highest BCUT2D eigenvalue weighted by molar-refractivity contribution is 6.05. The van der Waals surface area contributed by atoms with E-state index in [0.717, 1.165) is 5.69 Å². The van der Waals surface area contributed by atoms with Crippen molar-refractivity contribution in [3.8, 4) is 5.75 Å². The van der Waals surface area contributed by atoms with E-state index in [-0.39, 0.29) is 5.91 Å². The maximum Gasteiger partial charge on any atom is 0.259 e. The van der Waals surface area contributed by atoms with E-state index in [1.807, 2.05) is 6.92 Å². The molecule has 0 unspecified atom stereocenters. The number of nitrogens with zero attached hydrogens (tertiary/aromatic N) is 2. The maximum absolute atomic E-state index is 12.2. The van der Waals surface area contributed by atoms with Crippen molar-refractivity contribution >= 4 is 17.3 Å². The fraction of sp³-hybridized carbons (Fsp3) is 0.231. The molecule has 0 radical (unpaired) electrons. The highest BCUT2D eigenvalue weighted by atomic mass is 16.5. The molecule has 0 atom stereocenters. The minimum Gasteiger partial charge on any atom is -0.495 e. The van der Waals surface area contributed by atoms with E-state index in [0.29, 0.717) is 22.7 Å². The van der Waals surface area contributed by atoms with Crippen LogP contribution in [0.1, 0.15) is 16.1 Å². The molecule has 1 heterocycles. The Bertz CT molecular complexity index is 619. The van der Waals surface area contributed by atoms with Gasteiger partial charge in [-0.2, -0.15) is 5.10 Å². The third-order valence-electron chi connectivity index (χ3n) is 2.95. The molecule has 0 saturated carbocycles. The van der Waals surface area contributed by atoms with Gasteiger partial charge >= 0.3 is 0 Å². The van der Waals surface area contributed by atoms with Crippen molar-refractivity contribution in [2.24, 2.45) is 7.05 Å². The number of benzene rings is 1. The summed E-state index contributed by atoms with van der Waals surface area (Å²) < 4.78 is 6.83. The van der Waals surface area contributed by atoms with E-state index < -0.39 is 0 Å². The number of hydrogen-bond acceptors (Lipinski definition) is 4. The van der Waals surface area contributed by atoms with Gasteiger partial charge in [-0.15, -0.1) is 0 Å². The molecule has 6 heteroatoms. The molecule has 6 nitrogen and oxygen atoms in total. The van der Waals surface area contributed by atoms with Crippen LogP contribution in [0.2, 0.25) is 0 Å². The first kappa shape index (κ1) is 12.9. The highest BCUT2D eigenvalue weighted by Crippen LogP contribution is 2.27. The number of rotatable bonds is 3. The van der Waals surface area contributed by atoms with Crippen molar-refractivity contribution in [2.75, 3.05) is 18.2 Å². The molecule has 0 aliphatic carbocycles. The smallest absolute Gasteiger partial charge is 0.259 e. The van der Waals surface area contributed by atoms with E-state index in [1.54, 1.807) is 29.9 Å². The van der Waals surface area contributed by atoms with E-state index in [1.165, 1.54) is 13.3 Å². The van der Waals surface area contributed by atoms with Crippen molar-refractivity contribution in [1.82, 2.24) is 9.78 Å². The lowest BCUT2D eigenvalue weighted by molar-refractivity contribution is 0.102. The second kappa shape index (κ2) is 5.01. The van der Waals surface area contributed by atoms with E-state index in [2.05, 4.69) is 10.4 Å². The van der Waals surface area contributed by atoms with Crippen molar-refractivity contribution in [2.45, 2.75) is 6.92 Å². The third kappa shape index (κ3) is 2.52. The van der Waals surface area contributed by atoms with Crippen LogP contribution in [-0.2, 0) is 7.05 Å². The molecule has 3 N–H and O–H groups in total. The average molecular weight is 260 g/mol. The molecule has 0 fully saturated rings. The van der Waals surface area contributed by atoms with Crippen LogP contribution in [0.15, 0.2) is 24.4 Å². The lowest BCUT2D eigenvalue weighted by atomic mass is 10.2. The highest BCUT2D eigenvalue weighted by Gasteiger charge is 2.14. The molecule has 0 saturated heterocycles. The molecule has 0 spiro atoms. The summed E-state index contributed by atoms with van der Waals surface area (Å²) in [6, 6.07) is 5.08. The van der Waals surface area contributed by atoms with Gasteiger partial charge in [0.2, 0.25) is 0 Å². The Kier molecular flexibility index (Phi) is 3.41.